The Morgan fingerprint density at radius 2 is 1.88 bits per heavy atom. The van der Waals surface area contributed by atoms with E-state index in [1.165, 1.54) is 13.3 Å². The third-order valence-corrected chi connectivity index (χ3v) is 4.10. The van der Waals surface area contributed by atoms with Crippen LogP contribution in [0.3, 0.4) is 0 Å². The second-order valence-electron chi connectivity index (χ2n) is 6.23. The number of rotatable bonds is 10. The number of aliphatic hydroxyl groups is 3. The number of nitrogens with one attached hydrogen (secondary N) is 1. The van der Waals surface area contributed by atoms with Gasteiger partial charge in [-0.05, 0) is 6.42 Å². The van der Waals surface area contributed by atoms with E-state index in [9.17, 15) is 19.4 Å². The van der Waals surface area contributed by atoms with Gasteiger partial charge in [-0.25, -0.2) is 4.39 Å². The molecule has 0 aromatic heterocycles. The Morgan fingerprint density at radius 1 is 1.25 bits per heavy atom. The van der Waals surface area contributed by atoms with Gasteiger partial charge in [-0.15, -0.1) is 0 Å². The van der Waals surface area contributed by atoms with Gasteiger partial charge in [0.15, 0.2) is 6.29 Å². The van der Waals surface area contributed by atoms with Crippen molar-refractivity contribution in [1.29, 1.82) is 0 Å². The first-order valence-electron chi connectivity index (χ1n) is 8.58. The zero-order chi connectivity index (χ0) is 18.2. The van der Waals surface area contributed by atoms with Crippen LogP contribution in [0.5, 0.6) is 0 Å². The number of hydrogen-bond acceptors (Lipinski definition) is 6. The van der Waals surface area contributed by atoms with E-state index in [0.29, 0.717) is 0 Å². The number of carbonyl (C=O) groups is 1. The first kappa shape index (κ1) is 21.2. The van der Waals surface area contributed by atoms with Gasteiger partial charge in [0.25, 0.3) is 5.85 Å². The summed E-state index contributed by atoms with van der Waals surface area (Å²) in [4.78, 5) is 11.3. The highest BCUT2D eigenvalue weighted by Gasteiger charge is 2.55. The Hall–Kier alpha value is -0.800. The third-order valence-electron chi connectivity index (χ3n) is 4.10. The summed E-state index contributed by atoms with van der Waals surface area (Å²) < 4.78 is 24.8. The number of hydrogen-bond donors (Lipinski definition) is 4. The van der Waals surface area contributed by atoms with Crippen LogP contribution < -0.4 is 5.32 Å². The molecule has 1 aliphatic rings. The van der Waals surface area contributed by atoms with E-state index in [2.05, 4.69) is 12.2 Å². The van der Waals surface area contributed by atoms with Gasteiger partial charge in [0.2, 0.25) is 5.91 Å². The predicted molar refractivity (Wildman–Crippen MR) is 84.7 cm³/mol. The average molecular weight is 351 g/mol. The molecule has 3 unspecified atom stereocenters. The number of carbonyl (C=O) groups excluding carboxylic acids is 1. The lowest BCUT2D eigenvalue weighted by Gasteiger charge is -2.45. The molecular formula is C16H30FNO6. The van der Waals surface area contributed by atoms with Crippen molar-refractivity contribution < 1.29 is 34.0 Å². The van der Waals surface area contributed by atoms with E-state index < -0.39 is 42.9 Å². The number of ether oxygens (including phenoxy) is 2. The Balaban J connectivity index is 2.56. The number of alkyl halides is 1. The van der Waals surface area contributed by atoms with Gasteiger partial charge in [0.05, 0.1) is 0 Å². The highest BCUT2D eigenvalue weighted by molar-refractivity contribution is 5.73. The fraction of sp³-hybridized carbons (Fsp3) is 0.938. The summed E-state index contributed by atoms with van der Waals surface area (Å²) >= 11 is 0. The van der Waals surface area contributed by atoms with Crippen LogP contribution in [-0.2, 0) is 14.3 Å². The molecule has 0 bridgehead atoms. The summed E-state index contributed by atoms with van der Waals surface area (Å²) in [7, 11) is 0. The van der Waals surface area contributed by atoms with Crippen molar-refractivity contribution in [1.82, 2.24) is 5.32 Å². The minimum atomic E-state index is -2.83. The van der Waals surface area contributed by atoms with Crippen LogP contribution in [0.25, 0.3) is 0 Å². The molecule has 1 saturated heterocycles. The molecule has 142 valence electrons. The van der Waals surface area contributed by atoms with Gasteiger partial charge < -0.3 is 30.1 Å². The second kappa shape index (κ2) is 10.2. The summed E-state index contributed by atoms with van der Waals surface area (Å²) in [5.41, 5.74) is 0. The number of amides is 1. The molecule has 7 nitrogen and oxygen atoms in total. The van der Waals surface area contributed by atoms with Crippen LogP contribution in [-0.4, -0.2) is 64.8 Å². The number of unbranched alkanes of at least 4 members (excludes halogenated alkanes) is 5. The van der Waals surface area contributed by atoms with Crippen LogP contribution in [0, 0.1) is 0 Å². The lowest BCUT2D eigenvalue weighted by molar-refractivity contribution is -0.354. The molecule has 1 rings (SSSR count). The van der Waals surface area contributed by atoms with Gasteiger partial charge in [0, 0.05) is 13.5 Å². The molecule has 1 fully saturated rings. The average Bonchev–Trinajstić information content (AvgIpc) is 2.55. The van der Waals surface area contributed by atoms with Crippen molar-refractivity contribution in [3.8, 4) is 0 Å². The molecular weight excluding hydrogens is 321 g/mol. The first-order chi connectivity index (χ1) is 11.4. The maximum atomic E-state index is 14.3. The zero-order valence-corrected chi connectivity index (χ0v) is 14.4. The maximum absolute atomic E-state index is 14.3. The number of halogens is 1. The highest BCUT2D eigenvalue weighted by atomic mass is 19.2. The molecule has 0 radical (unpaired) electrons. The van der Waals surface area contributed by atoms with Gasteiger partial charge in [-0.2, -0.15) is 0 Å². The quantitative estimate of drug-likeness (QED) is 0.429. The van der Waals surface area contributed by atoms with Crippen molar-refractivity contribution in [3.63, 3.8) is 0 Å². The monoisotopic (exact) mass is 351 g/mol. The first-order valence-corrected chi connectivity index (χ1v) is 8.58. The molecule has 0 aliphatic carbocycles. The van der Waals surface area contributed by atoms with Crippen molar-refractivity contribution in [3.05, 3.63) is 0 Å². The lowest BCUT2D eigenvalue weighted by atomic mass is 9.95. The normalized spacial score (nSPS) is 33.4. The van der Waals surface area contributed by atoms with Crippen LogP contribution in [0.4, 0.5) is 4.39 Å². The summed E-state index contributed by atoms with van der Waals surface area (Å²) in [6.45, 7) is 2.50. The van der Waals surface area contributed by atoms with E-state index >= 15 is 0 Å². The minimum Gasteiger partial charge on any atom is -0.390 e. The summed E-state index contributed by atoms with van der Waals surface area (Å²) in [5, 5.41) is 31.3. The fourth-order valence-electron chi connectivity index (χ4n) is 2.69. The van der Waals surface area contributed by atoms with Crippen molar-refractivity contribution in [2.45, 2.75) is 82.8 Å². The Bertz CT molecular complexity index is 386. The lowest BCUT2D eigenvalue weighted by Crippen LogP contribution is -2.68. The van der Waals surface area contributed by atoms with Crippen molar-refractivity contribution in [2.75, 3.05) is 13.2 Å². The van der Waals surface area contributed by atoms with Gasteiger partial charge in [0.1, 0.15) is 24.9 Å². The molecule has 1 aliphatic heterocycles. The van der Waals surface area contributed by atoms with E-state index in [-0.39, 0.29) is 6.61 Å². The minimum absolute atomic E-state index is 0.261. The molecule has 0 spiro atoms. The fourth-order valence-corrected chi connectivity index (χ4v) is 2.69. The molecule has 1 heterocycles. The standard InChI is InChI=1S/C16H30FNO6/c1-3-4-5-6-7-8-9-23-15-12(18-11(2)20)13(21)14(22)16(17,10-19)24-15/h12-15,19,21-22H,3-10H2,1-2H3,(H,18,20)/t12?,13?,14-,15-,16?/m1/s1. The van der Waals surface area contributed by atoms with Crippen molar-refractivity contribution in [2.24, 2.45) is 0 Å². The Labute approximate surface area is 142 Å². The van der Waals surface area contributed by atoms with E-state index in [1.54, 1.807) is 0 Å². The molecule has 24 heavy (non-hydrogen) atoms. The van der Waals surface area contributed by atoms with Crippen LogP contribution >= 0.6 is 0 Å². The van der Waals surface area contributed by atoms with E-state index in [4.69, 9.17) is 14.6 Å². The molecule has 0 aromatic carbocycles. The Kier molecular flexibility index (Phi) is 9.07. The number of aliphatic hydroxyl groups excluding tert-OH is 3. The highest BCUT2D eigenvalue weighted by Crippen LogP contribution is 2.31. The van der Waals surface area contributed by atoms with Crippen LogP contribution in [0.15, 0.2) is 0 Å². The van der Waals surface area contributed by atoms with E-state index in [1.807, 2.05) is 0 Å². The molecule has 1 amide bonds. The summed E-state index contributed by atoms with van der Waals surface area (Å²) in [5.74, 6) is -3.31. The van der Waals surface area contributed by atoms with Crippen molar-refractivity contribution >= 4 is 5.91 Å². The topological polar surface area (TPSA) is 108 Å². The maximum Gasteiger partial charge on any atom is 0.263 e. The SMILES string of the molecule is CCCCCCCCO[C@@H]1OC(F)(CO)[C@H](O)C(O)C1NC(C)=O. The molecule has 8 heteroatoms. The molecule has 4 N–H and O–H groups in total. The van der Waals surface area contributed by atoms with Gasteiger partial charge in [-0.3, -0.25) is 4.79 Å². The zero-order valence-electron chi connectivity index (χ0n) is 14.4. The van der Waals surface area contributed by atoms with Gasteiger partial charge >= 0.3 is 0 Å². The second-order valence-corrected chi connectivity index (χ2v) is 6.23. The summed E-state index contributed by atoms with van der Waals surface area (Å²) in [6, 6.07) is -1.12. The largest absolute Gasteiger partial charge is 0.390 e. The predicted octanol–water partition coefficient (Wildman–Crippen LogP) is 0.604. The van der Waals surface area contributed by atoms with Crippen LogP contribution in [0.2, 0.25) is 0 Å². The van der Waals surface area contributed by atoms with Gasteiger partial charge in [-0.1, -0.05) is 39.0 Å². The smallest absolute Gasteiger partial charge is 0.263 e. The molecule has 5 atom stereocenters. The molecule has 0 aromatic rings. The van der Waals surface area contributed by atoms with Crippen LogP contribution in [0.1, 0.15) is 52.4 Å². The van der Waals surface area contributed by atoms with E-state index in [0.717, 1.165) is 32.1 Å². The molecule has 0 saturated carbocycles. The third kappa shape index (κ3) is 5.93. The Morgan fingerprint density at radius 3 is 2.46 bits per heavy atom. The summed E-state index contributed by atoms with van der Waals surface area (Å²) in [6.07, 6.45) is 1.29.